The molecule has 0 amide bonds. The van der Waals surface area contributed by atoms with E-state index in [4.69, 9.17) is 11.6 Å². The predicted octanol–water partition coefficient (Wildman–Crippen LogP) is 4.57. The molecule has 3 aromatic rings. The average molecular weight is 415 g/mol. The predicted molar refractivity (Wildman–Crippen MR) is 116 cm³/mol. The van der Waals surface area contributed by atoms with Gasteiger partial charge < -0.3 is 10.3 Å². The molecular formula is C22H23ClN2O2S. The van der Waals surface area contributed by atoms with Crippen LogP contribution in [0.4, 0.5) is 0 Å². The van der Waals surface area contributed by atoms with Crippen LogP contribution >= 0.6 is 11.6 Å². The zero-order valence-corrected chi connectivity index (χ0v) is 17.1. The van der Waals surface area contributed by atoms with Gasteiger partial charge in [-0.3, -0.25) is 0 Å². The van der Waals surface area contributed by atoms with Crippen molar-refractivity contribution in [3.8, 4) is 0 Å². The summed E-state index contributed by atoms with van der Waals surface area (Å²) in [6.45, 7) is 0.774. The van der Waals surface area contributed by atoms with E-state index < -0.39 is 9.84 Å². The summed E-state index contributed by atoms with van der Waals surface area (Å²) < 4.78 is 25.5. The van der Waals surface area contributed by atoms with Gasteiger partial charge in [-0.15, -0.1) is 0 Å². The number of aromatic nitrogens is 1. The first-order chi connectivity index (χ1) is 13.5. The van der Waals surface area contributed by atoms with Gasteiger partial charge in [-0.25, -0.2) is 8.42 Å². The van der Waals surface area contributed by atoms with Crippen LogP contribution in [0.25, 0.3) is 16.5 Å². The standard InChI is InChI=1S/C22H23ClN2O2S/c23-19-6-7-22-21(13-19)18(14-25-22)15-28(26,27)11-9-20-12-17(8-10-24-20)16-4-2-1-3-5-16/h1-8,13-14,20,24-25H,9-12,15H2. The second kappa shape index (κ2) is 8.11. The largest absolute Gasteiger partial charge is 0.361 e. The SMILES string of the molecule is O=S(=O)(CCC1CC(c2ccccc2)=CCN1)Cc1c[nH]c2ccc(Cl)cc12. The first-order valence-corrected chi connectivity index (χ1v) is 11.6. The number of rotatable bonds is 6. The highest BCUT2D eigenvalue weighted by molar-refractivity contribution is 7.90. The smallest absolute Gasteiger partial charge is 0.154 e. The van der Waals surface area contributed by atoms with Crippen molar-refractivity contribution < 1.29 is 8.42 Å². The third-order valence-electron chi connectivity index (χ3n) is 5.25. The van der Waals surface area contributed by atoms with Crippen LogP contribution in [-0.2, 0) is 15.6 Å². The van der Waals surface area contributed by atoms with Crippen LogP contribution in [0.3, 0.4) is 0 Å². The Balaban J connectivity index is 1.40. The fraction of sp³-hybridized carbons (Fsp3) is 0.273. The van der Waals surface area contributed by atoms with Crippen LogP contribution in [0.2, 0.25) is 5.02 Å². The van der Waals surface area contributed by atoms with Crippen molar-refractivity contribution in [3.05, 3.63) is 77.0 Å². The molecule has 0 fully saturated rings. The zero-order chi connectivity index (χ0) is 19.6. The molecule has 0 aliphatic carbocycles. The maximum Gasteiger partial charge on any atom is 0.154 e. The fourth-order valence-corrected chi connectivity index (χ4v) is 5.44. The Morgan fingerprint density at radius 1 is 1.11 bits per heavy atom. The Hall–Kier alpha value is -2.08. The summed E-state index contributed by atoms with van der Waals surface area (Å²) in [5.41, 5.74) is 4.18. The van der Waals surface area contributed by atoms with Gasteiger partial charge in [0.15, 0.2) is 9.84 Å². The average Bonchev–Trinajstić information content (AvgIpc) is 3.09. The molecule has 0 saturated heterocycles. The first kappa shape index (κ1) is 19.2. The number of hydrogen-bond acceptors (Lipinski definition) is 3. The Kier molecular flexibility index (Phi) is 5.58. The molecule has 2 N–H and O–H groups in total. The molecule has 0 radical (unpaired) electrons. The normalized spacial score (nSPS) is 17.6. The Morgan fingerprint density at radius 3 is 2.75 bits per heavy atom. The molecule has 28 heavy (non-hydrogen) atoms. The minimum absolute atomic E-state index is 0.0292. The van der Waals surface area contributed by atoms with Crippen LogP contribution in [0.5, 0.6) is 0 Å². The Morgan fingerprint density at radius 2 is 1.93 bits per heavy atom. The van der Waals surface area contributed by atoms with Gasteiger partial charge >= 0.3 is 0 Å². The van der Waals surface area contributed by atoms with Gasteiger partial charge in [-0.1, -0.05) is 48.0 Å². The van der Waals surface area contributed by atoms with Gasteiger partial charge in [0.25, 0.3) is 0 Å². The molecule has 1 aliphatic heterocycles. The van der Waals surface area contributed by atoms with Crippen molar-refractivity contribution in [3.63, 3.8) is 0 Å². The van der Waals surface area contributed by atoms with E-state index in [1.54, 1.807) is 12.3 Å². The van der Waals surface area contributed by atoms with Crippen LogP contribution in [0.1, 0.15) is 24.0 Å². The number of benzene rings is 2. The fourth-order valence-electron chi connectivity index (χ4n) is 3.76. The molecule has 1 unspecified atom stereocenters. The van der Waals surface area contributed by atoms with E-state index in [9.17, 15) is 8.42 Å². The van der Waals surface area contributed by atoms with Crippen molar-refractivity contribution in [1.82, 2.24) is 10.3 Å². The molecule has 4 rings (SSSR count). The summed E-state index contributed by atoms with van der Waals surface area (Å²) in [5.74, 6) is 0.196. The van der Waals surface area contributed by atoms with E-state index >= 15 is 0 Å². The van der Waals surface area contributed by atoms with Crippen LogP contribution in [-0.4, -0.2) is 31.7 Å². The number of nitrogens with one attached hydrogen (secondary N) is 2. The summed E-state index contributed by atoms with van der Waals surface area (Å²) in [6, 6.07) is 15.9. The molecule has 0 spiro atoms. The monoisotopic (exact) mass is 414 g/mol. The van der Waals surface area contributed by atoms with Crippen LogP contribution in [0, 0.1) is 0 Å². The maximum atomic E-state index is 12.7. The molecule has 0 saturated carbocycles. The molecule has 6 heteroatoms. The molecular weight excluding hydrogens is 392 g/mol. The van der Waals surface area contributed by atoms with E-state index in [0.29, 0.717) is 11.4 Å². The first-order valence-electron chi connectivity index (χ1n) is 9.44. The number of H-pyrrole nitrogens is 1. The summed E-state index contributed by atoms with van der Waals surface area (Å²) in [4.78, 5) is 3.12. The minimum atomic E-state index is -3.21. The van der Waals surface area contributed by atoms with Crippen molar-refractivity contribution >= 4 is 37.9 Å². The quantitative estimate of drug-likeness (QED) is 0.621. The second-order valence-corrected chi connectivity index (χ2v) is 9.91. The molecule has 0 bridgehead atoms. The van der Waals surface area contributed by atoms with Crippen LogP contribution < -0.4 is 5.32 Å². The summed E-state index contributed by atoms with van der Waals surface area (Å²) >= 11 is 6.07. The number of sulfone groups is 1. The third kappa shape index (κ3) is 4.49. The summed E-state index contributed by atoms with van der Waals surface area (Å²) in [5, 5.41) is 4.91. The topological polar surface area (TPSA) is 62.0 Å². The molecule has 1 aliphatic rings. The minimum Gasteiger partial charge on any atom is -0.361 e. The van der Waals surface area contributed by atoms with Gasteiger partial charge in [0.05, 0.1) is 11.5 Å². The highest BCUT2D eigenvalue weighted by Crippen LogP contribution is 2.26. The molecule has 2 heterocycles. The highest BCUT2D eigenvalue weighted by Gasteiger charge is 2.21. The van der Waals surface area contributed by atoms with Crippen molar-refractivity contribution in [2.45, 2.75) is 24.6 Å². The molecule has 1 atom stereocenters. The van der Waals surface area contributed by atoms with Crippen molar-refractivity contribution in [1.29, 1.82) is 0 Å². The van der Waals surface area contributed by atoms with Gasteiger partial charge in [0, 0.05) is 34.7 Å². The molecule has 4 nitrogen and oxygen atoms in total. The highest BCUT2D eigenvalue weighted by atomic mass is 35.5. The van der Waals surface area contributed by atoms with Crippen molar-refractivity contribution in [2.75, 3.05) is 12.3 Å². The second-order valence-electron chi connectivity index (χ2n) is 7.29. The van der Waals surface area contributed by atoms with E-state index in [2.05, 4.69) is 28.5 Å². The lowest BCUT2D eigenvalue weighted by molar-refractivity contribution is 0.515. The lowest BCUT2D eigenvalue weighted by Crippen LogP contribution is -2.34. The summed E-state index contributed by atoms with van der Waals surface area (Å²) in [6.07, 6.45) is 5.42. The molecule has 2 aromatic carbocycles. The number of fused-ring (bicyclic) bond motifs is 1. The maximum absolute atomic E-state index is 12.7. The van der Waals surface area contributed by atoms with E-state index in [-0.39, 0.29) is 17.5 Å². The van der Waals surface area contributed by atoms with E-state index in [0.717, 1.165) is 29.4 Å². The van der Waals surface area contributed by atoms with Gasteiger partial charge in [-0.2, -0.15) is 0 Å². The Bertz CT molecular complexity index is 1100. The lowest BCUT2D eigenvalue weighted by atomic mass is 9.94. The lowest BCUT2D eigenvalue weighted by Gasteiger charge is -2.24. The van der Waals surface area contributed by atoms with Gasteiger partial charge in [0.1, 0.15) is 0 Å². The molecule has 146 valence electrons. The van der Waals surface area contributed by atoms with Crippen molar-refractivity contribution in [2.24, 2.45) is 0 Å². The number of aromatic amines is 1. The summed E-state index contributed by atoms with van der Waals surface area (Å²) in [7, 11) is -3.21. The van der Waals surface area contributed by atoms with E-state index in [1.165, 1.54) is 11.1 Å². The third-order valence-corrected chi connectivity index (χ3v) is 7.09. The number of halogens is 1. The number of hydrogen-bond donors (Lipinski definition) is 2. The van der Waals surface area contributed by atoms with E-state index in [1.807, 2.05) is 30.3 Å². The van der Waals surface area contributed by atoms with Gasteiger partial charge in [0.2, 0.25) is 0 Å². The Labute approximate surface area is 170 Å². The zero-order valence-electron chi connectivity index (χ0n) is 15.5. The molecule has 1 aromatic heterocycles. The van der Waals surface area contributed by atoms with Crippen LogP contribution in [0.15, 0.2) is 60.8 Å². The van der Waals surface area contributed by atoms with Gasteiger partial charge in [-0.05, 0) is 47.7 Å².